The average molecular weight is 216 g/mol. The topological polar surface area (TPSA) is 64.4 Å². The minimum Gasteiger partial charge on any atom is -0.374 e. The van der Waals surface area contributed by atoms with Crippen LogP contribution in [0.15, 0.2) is 0 Å². The van der Waals surface area contributed by atoms with Crippen LogP contribution in [-0.2, 0) is 9.53 Å². The maximum Gasteiger partial charge on any atom is 0.237 e. The summed E-state index contributed by atoms with van der Waals surface area (Å²) in [5, 5.41) is 2.80. The number of rotatable bonds is 7. The van der Waals surface area contributed by atoms with E-state index in [1.165, 1.54) is 0 Å². The minimum absolute atomic E-state index is 0.0929. The van der Waals surface area contributed by atoms with Crippen molar-refractivity contribution in [2.45, 2.75) is 52.2 Å². The van der Waals surface area contributed by atoms with E-state index >= 15 is 0 Å². The molecule has 0 spiro atoms. The van der Waals surface area contributed by atoms with Gasteiger partial charge in [-0.05, 0) is 27.2 Å². The van der Waals surface area contributed by atoms with Gasteiger partial charge in [0.15, 0.2) is 0 Å². The van der Waals surface area contributed by atoms with Gasteiger partial charge >= 0.3 is 0 Å². The zero-order valence-electron chi connectivity index (χ0n) is 10.3. The summed E-state index contributed by atoms with van der Waals surface area (Å²) in [4.78, 5) is 11.5. The van der Waals surface area contributed by atoms with E-state index in [9.17, 15) is 4.79 Å². The molecule has 3 N–H and O–H groups in total. The number of amides is 1. The lowest BCUT2D eigenvalue weighted by Gasteiger charge is -2.25. The molecule has 1 amide bonds. The Morgan fingerprint density at radius 2 is 2.07 bits per heavy atom. The Bertz CT molecular complexity index is 193. The standard InChI is InChI=1S/C11H24N2O2/c1-5-7-9(12)10(14)13-8-11(3,4)15-6-2/h9H,5-8,12H2,1-4H3,(H,13,14)/t9-/m1/s1. The molecule has 90 valence electrons. The van der Waals surface area contributed by atoms with E-state index in [0.717, 1.165) is 12.8 Å². The smallest absolute Gasteiger partial charge is 0.237 e. The summed E-state index contributed by atoms with van der Waals surface area (Å²) < 4.78 is 5.46. The fourth-order valence-electron chi connectivity index (χ4n) is 1.31. The third kappa shape index (κ3) is 6.47. The molecule has 15 heavy (non-hydrogen) atoms. The van der Waals surface area contributed by atoms with Crippen molar-refractivity contribution in [3.63, 3.8) is 0 Å². The number of nitrogens with one attached hydrogen (secondary N) is 1. The molecule has 0 aliphatic rings. The zero-order valence-corrected chi connectivity index (χ0v) is 10.3. The van der Waals surface area contributed by atoms with Gasteiger partial charge in [-0.15, -0.1) is 0 Å². The number of nitrogens with two attached hydrogens (primary N) is 1. The van der Waals surface area contributed by atoms with Gasteiger partial charge in [0.1, 0.15) is 0 Å². The van der Waals surface area contributed by atoms with Crippen molar-refractivity contribution in [3.8, 4) is 0 Å². The van der Waals surface area contributed by atoms with Crippen LogP contribution >= 0.6 is 0 Å². The second kappa shape index (κ2) is 6.80. The van der Waals surface area contributed by atoms with E-state index in [1.54, 1.807) is 0 Å². The highest BCUT2D eigenvalue weighted by atomic mass is 16.5. The van der Waals surface area contributed by atoms with Gasteiger partial charge in [-0.3, -0.25) is 4.79 Å². The molecule has 0 radical (unpaired) electrons. The van der Waals surface area contributed by atoms with Crippen LogP contribution in [0.4, 0.5) is 0 Å². The van der Waals surface area contributed by atoms with Gasteiger partial charge in [0.25, 0.3) is 0 Å². The first-order valence-electron chi connectivity index (χ1n) is 5.60. The number of hydrogen-bond donors (Lipinski definition) is 2. The number of hydrogen-bond acceptors (Lipinski definition) is 3. The molecular formula is C11H24N2O2. The lowest BCUT2D eigenvalue weighted by atomic mass is 10.1. The van der Waals surface area contributed by atoms with Crippen molar-refractivity contribution in [3.05, 3.63) is 0 Å². The predicted molar refractivity (Wildman–Crippen MR) is 61.6 cm³/mol. The Morgan fingerprint density at radius 3 is 2.53 bits per heavy atom. The molecule has 1 atom stereocenters. The van der Waals surface area contributed by atoms with Crippen LogP contribution < -0.4 is 11.1 Å². The first-order chi connectivity index (χ1) is 6.93. The summed E-state index contributed by atoms with van der Waals surface area (Å²) >= 11 is 0. The molecule has 0 unspecified atom stereocenters. The first-order valence-corrected chi connectivity index (χ1v) is 5.60. The molecule has 0 saturated carbocycles. The molecule has 4 heteroatoms. The van der Waals surface area contributed by atoms with E-state index in [2.05, 4.69) is 5.32 Å². The normalized spacial score (nSPS) is 13.7. The second-order valence-corrected chi connectivity index (χ2v) is 4.31. The van der Waals surface area contributed by atoms with Gasteiger partial charge in [-0.25, -0.2) is 0 Å². The highest BCUT2D eigenvalue weighted by Crippen LogP contribution is 2.06. The van der Waals surface area contributed by atoms with Crippen molar-refractivity contribution in [2.24, 2.45) is 5.73 Å². The van der Waals surface area contributed by atoms with E-state index in [1.807, 2.05) is 27.7 Å². The number of carbonyl (C=O) groups is 1. The Balaban J connectivity index is 3.88. The molecule has 0 bridgehead atoms. The van der Waals surface area contributed by atoms with E-state index < -0.39 is 6.04 Å². The van der Waals surface area contributed by atoms with E-state index in [-0.39, 0.29) is 11.5 Å². The summed E-state index contributed by atoms with van der Waals surface area (Å²) in [5.74, 6) is -0.0929. The summed E-state index contributed by atoms with van der Waals surface area (Å²) in [6.45, 7) is 8.98. The lowest BCUT2D eigenvalue weighted by molar-refractivity contribution is -0.124. The van der Waals surface area contributed by atoms with Crippen LogP contribution in [0.2, 0.25) is 0 Å². The van der Waals surface area contributed by atoms with Crippen molar-refractivity contribution in [1.29, 1.82) is 0 Å². The maximum absolute atomic E-state index is 11.5. The van der Waals surface area contributed by atoms with Crippen LogP contribution in [-0.4, -0.2) is 30.7 Å². The summed E-state index contributed by atoms with van der Waals surface area (Å²) in [6.07, 6.45) is 1.64. The van der Waals surface area contributed by atoms with Gasteiger partial charge in [0, 0.05) is 13.2 Å². The van der Waals surface area contributed by atoms with Gasteiger partial charge in [-0.2, -0.15) is 0 Å². The summed E-state index contributed by atoms with van der Waals surface area (Å²) in [7, 11) is 0. The SMILES string of the molecule is CCC[C@@H](N)C(=O)NCC(C)(C)OCC. The highest BCUT2D eigenvalue weighted by Gasteiger charge is 2.20. The molecule has 0 heterocycles. The molecule has 4 nitrogen and oxygen atoms in total. The maximum atomic E-state index is 11.5. The predicted octanol–water partition coefficient (Wildman–Crippen LogP) is 1.05. The van der Waals surface area contributed by atoms with Crippen molar-refractivity contribution >= 4 is 5.91 Å². The molecule has 0 fully saturated rings. The Labute approximate surface area is 92.6 Å². The van der Waals surface area contributed by atoms with Gasteiger partial charge in [0.2, 0.25) is 5.91 Å². The van der Waals surface area contributed by atoms with Crippen LogP contribution in [0.3, 0.4) is 0 Å². The molecule has 0 aromatic heterocycles. The third-order valence-corrected chi connectivity index (χ3v) is 2.16. The molecular weight excluding hydrogens is 192 g/mol. The molecule has 0 saturated heterocycles. The van der Waals surface area contributed by atoms with Crippen LogP contribution in [0.1, 0.15) is 40.5 Å². The fraction of sp³-hybridized carbons (Fsp3) is 0.909. The van der Waals surface area contributed by atoms with Crippen molar-refractivity contribution < 1.29 is 9.53 Å². The van der Waals surface area contributed by atoms with E-state index in [0.29, 0.717) is 13.2 Å². The minimum atomic E-state index is -0.396. The molecule has 0 aromatic carbocycles. The number of ether oxygens (including phenoxy) is 1. The summed E-state index contributed by atoms with van der Waals surface area (Å²) in [6, 6.07) is -0.396. The monoisotopic (exact) mass is 216 g/mol. The Hall–Kier alpha value is -0.610. The highest BCUT2D eigenvalue weighted by molar-refractivity contribution is 5.81. The quantitative estimate of drug-likeness (QED) is 0.668. The first kappa shape index (κ1) is 14.4. The van der Waals surface area contributed by atoms with Crippen molar-refractivity contribution in [1.82, 2.24) is 5.32 Å². The van der Waals surface area contributed by atoms with Crippen LogP contribution in [0, 0.1) is 0 Å². The molecule has 0 aliphatic carbocycles. The molecule has 0 rings (SSSR count). The van der Waals surface area contributed by atoms with Gasteiger partial charge in [0.05, 0.1) is 11.6 Å². The molecule has 0 aromatic rings. The van der Waals surface area contributed by atoms with Crippen LogP contribution in [0.25, 0.3) is 0 Å². The Kier molecular flexibility index (Phi) is 6.52. The zero-order chi connectivity index (χ0) is 11.9. The summed E-state index contributed by atoms with van der Waals surface area (Å²) in [5.41, 5.74) is 5.36. The van der Waals surface area contributed by atoms with Crippen molar-refractivity contribution in [2.75, 3.05) is 13.2 Å². The third-order valence-electron chi connectivity index (χ3n) is 2.16. The fourth-order valence-corrected chi connectivity index (χ4v) is 1.31. The van der Waals surface area contributed by atoms with Gasteiger partial charge < -0.3 is 15.8 Å². The average Bonchev–Trinajstić information content (AvgIpc) is 2.14. The molecule has 0 aliphatic heterocycles. The number of carbonyl (C=O) groups excluding carboxylic acids is 1. The lowest BCUT2D eigenvalue weighted by Crippen LogP contribution is -2.46. The Morgan fingerprint density at radius 1 is 1.47 bits per heavy atom. The van der Waals surface area contributed by atoms with E-state index in [4.69, 9.17) is 10.5 Å². The largest absolute Gasteiger partial charge is 0.374 e. The van der Waals surface area contributed by atoms with Crippen LogP contribution in [0.5, 0.6) is 0 Å². The van der Waals surface area contributed by atoms with Gasteiger partial charge in [-0.1, -0.05) is 13.3 Å². The second-order valence-electron chi connectivity index (χ2n) is 4.31.